The maximum absolute atomic E-state index is 11.9. The second-order valence-corrected chi connectivity index (χ2v) is 6.09. The van der Waals surface area contributed by atoms with Gasteiger partial charge in [0.1, 0.15) is 12.7 Å². The van der Waals surface area contributed by atoms with Crippen LogP contribution < -0.4 is 20.1 Å². The highest BCUT2D eigenvalue weighted by Crippen LogP contribution is 2.30. The standard InChI is InChI=1S/C17H15BrN2O4/c18-11-4-3-5-12(8-11)20-17(22)16(21)19-9-13-10-23-14-6-1-2-7-15(14)24-13/h1-8,13H,9-10H2,(H,19,21)(H,20,22)/t13-/m0/s1. The second kappa shape index (κ2) is 7.35. The maximum Gasteiger partial charge on any atom is 0.313 e. The molecular weight excluding hydrogens is 376 g/mol. The Morgan fingerprint density at radius 3 is 2.67 bits per heavy atom. The van der Waals surface area contributed by atoms with Gasteiger partial charge in [-0.15, -0.1) is 0 Å². The number of fused-ring (bicyclic) bond motifs is 1. The van der Waals surface area contributed by atoms with Crippen molar-refractivity contribution in [3.05, 3.63) is 53.0 Å². The van der Waals surface area contributed by atoms with Gasteiger partial charge < -0.3 is 20.1 Å². The number of halogens is 1. The van der Waals surface area contributed by atoms with Crippen molar-refractivity contribution in [1.82, 2.24) is 5.32 Å². The summed E-state index contributed by atoms with van der Waals surface area (Å²) in [6.45, 7) is 0.490. The van der Waals surface area contributed by atoms with E-state index in [4.69, 9.17) is 9.47 Å². The minimum Gasteiger partial charge on any atom is -0.486 e. The van der Waals surface area contributed by atoms with Crippen LogP contribution in [0.3, 0.4) is 0 Å². The van der Waals surface area contributed by atoms with Crippen LogP contribution in [0.4, 0.5) is 5.69 Å². The molecule has 0 bridgehead atoms. The topological polar surface area (TPSA) is 76.7 Å². The Bertz CT molecular complexity index is 766. The molecule has 124 valence electrons. The van der Waals surface area contributed by atoms with Crippen molar-refractivity contribution >= 4 is 33.4 Å². The van der Waals surface area contributed by atoms with Gasteiger partial charge >= 0.3 is 11.8 Å². The van der Waals surface area contributed by atoms with Crippen molar-refractivity contribution in [2.45, 2.75) is 6.10 Å². The Kier molecular flexibility index (Phi) is 5.00. The molecule has 24 heavy (non-hydrogen) atoms. The smallest absolute Gasteiger partial charge is 0.313 e. The normalized spacial score (nSPS) is 15.5. The van der Waals surface area contributed by atoms with Gasteiger partial charge in [-0.3, -0.25) is 9.59 Å². The molecule has 2 amide bonds. The predicted molar refractivity (Wildman–Crippen MR) is 92.1 cm³/mol. The largest absolute Gasteiger partial charge is 0.486 e. The molecule has 1 heterocycles. The zero-order valence-corrected chi connectivity index (χ0v) is 14.2. The van der Waals surface area contributed by atoms with Crippen LogP contribution in [0.25, 0.3) is 0 Å². The first-order valence-electron chi connectivity index (χ1n) is 7.35. The first kappa shape index (κ1) is 16.3. The number of rotatable bonds is 3. The summed E-state index contributed by atoms with van der Waals surface area (Å²) in [7, 11) is 0. The first-order valence-corrected chi connectivity index (χ1v) is 8.14. The summed E-state index contributed by atoms with van der Waals surface area (Å²) in [5, 5.41) is 5.08. The van der Waals surface area contributed by atoms with Crippen LogP contribution in [0, 0.1) is 0 Å². The number of carbonyl (C=O) groups is 2. The Hall–Kier alpha value is -2.54. The van der Waals surface area contributed by atoms with Gasteiger partial charge in [-0.05, 0) is 30.3 Å². The van der Waals surface area contributed by atoms with E-state index in [2.05, 4.69) is 26.6 Å². The second-order valence-electron chi connectivity index (χ2n) is 5.17. The van der Waals surface area contributed by atoms with Crippen molar-refractivity contribution in [2.24, 2.45) is 0 Å². The third-order valence-corrected chi connectivity index (χ3v) is 3.84. The molecule has 7 heteroatoms. The summed E-state index contributed by atoms with van der Waals surface area (Å²) in [6, 6.07) is 14.3. The molecule has 2 N–H and O–H groups in total. The minimum atomic E-state index is -0.731. The molecule has 0 radical (unpaired) electrons. The van der Waals surface area contributed by atoms with Crippen molar-refractivity contribution in [3.8, 4) is 11.5 Å². The van der Waals surface area contributed by atoms with Gasteiger partial charge in [-0.1, -0.05) is 34.1 Å². The monoisotopic (exact) mass is 390 g/mol. The minimum absolute atomic E-state index is 0.180. The SMILES string of the molecule is O=C(NC[C@H]1COc2ccccc2O1)C(=O)Nc1cccc(Br)c1. The fraction of sp³-hybridized carbons (Fsp3) is 0.176. The molecule has 3 rings (SSSR count). The number of hydrogen-bond donors (Lipinski definition) is 2. The fourth-order valence-electron chi connectivity index (χ4n) is 2.20. The zero-order valence-electron chi connectivity index (χ0n) is 12.6. The lowest BCUT2D eigenvalue weighted by molar-refractivity contribution is -0.136. The third-order valence-electron chi connectivity index (χ3n) is 3.35. The number of anilines is 1. The molecule has 1 atom stereocenters. The van der Waals surface area contributed by atoms with Crippen molar-refractivity contribution in [1.29, 1.82) is 0 Å². The van der Waals surface area contributed by atoms with Crippen LogP contribution in [-0.4, -0.2) is 31.1 Å². The molecule has 6 nitrogen and oxygen atoms in total. The number of benzene rings is 2. The molecular formula is C17H15BrN2O4. The quantitative estimate of drug-likeness (QED) is 0.788. The van der Waals surface area contributed by atoms with Gasteiger partial charge in [-0.2, -0.15) is 0 Å². The van der Waals surface area contributed by atoms with Gasteiger partial charge in [0, 0.05) is 10.2 Å². The molecule has 0 unspecified atom stereocenters. The Labute approximate surface area is 147 Å². The van der Waals surface area contributed by atoms with Crippen LogP contribution in [0.2, 0.25) is 0 Å². The summed E-state index contributed by atoms with van der Waals surface area (Å²) in [5.41, 5.74) is 0.538. The third kappa shape index (κ3) is 4.05. The van der Waals surface area contributed by atoms with E-state index >= 15 is 0 Å². The summed E-state index contributed by atoms with van der Waals surface area (Å²) < 4.78 is 12.1. The van der Waals surface area contributed by atoms with Crippen LogP contribution in [-0.2, 0) is 9.59 Å². The van der Waals surface area contributed by atoms with Crippen LogP contribution in [0.5, 0.6) is 11.5 Å². The summed E-state index contributed by atoms with van der Waals surface area (Å²) in [5.74, 6) is -0.156. The van der Waals surface area contributed by atoms with Crippen LogP contribution >= 0.6 is 15.9 Å². The van der Waals surface area contributed by atoms with Gasteiger partial charge in [0.15, 0.2) is 11.5 Å². The van der Waals surface area contributed by atoms with Crippen LogP contribution in [0.1, 0.15) is 0 Å². The summed E-state index contributed by atoms with van der Waals surface area (Å²) in [4.78, 5) is 23.8. The predicted octanol–water partition coefficient (Wildman–Crippen LogP) is 2.34. The maximum atomic E-state index is 11.9. The molecule has 0 aromatic heterocycles. The average Bonchev–Trinajstić information content (AvgIpc) is 2.59. The van der Waals surface area contributed by atoms with E-state index in [1.165, 1.54) is 0 Å². The lowest BCUT2D eigenvalue weighted by atomic mass is 10.2. The number of para-hydroxylation sites is 2. The molecule has 2 aromatic rings. The molecule has 1 aliphatic heterocycles. The van der Waals surface area contributed by atoms with E-state index in [1.54, 1.807) is 24.3 Å². The van der Waals surface area contributed by atoms with E-state index in [1.807, 2.05) is 24.3 Å². The van der Waals surface area contributed by atoms with Crippen molar-refractivity contribution < 1.29 is 19.1 Å². The van der Waals surface area contributed by atoms with Gasteiger partial charge in [-0.25, -0.2) is 0 Å². The van der Waals surface area contributed by atoms with E-state index in [0.29, 0.717) is 23.8 Å². The highest BCUT2D eigenvalue weighted by atomic mass is 79.9. The summed E-state index contributed by atoms with van der Waals surface area (Å²) in [6.07, 6.45) is -0.345. The zero-order chi connectivity index (χ0) is 16.9. The molecule has 2 aromatic carbocycles. The van der Waals surface area contributed by atoms with Crippen LogP contribution in [0.15, 0.2) is 53.0 Å². The molecule has 0 saturated heterocycles. The number of amides is 2. The lowest BCUT2D eigenvalue weighted by Gasteiger charge is -2.26. The molecule has 0 saturated carbocycles. The molecule has 1 aliphatic rings. The van der Waals surface area contributed by atoms with Gasteiger partial charge in [0.2, 0.25) is 0 Å². The Balaban J connectivity index is 1.50. The number of nitrogens with one attached hydrogen (secondary N) is 2. The number of hydrogen-bond acceptors (Lipinski definition) is 4. The lowest BCUT2D eigenvalue weighted by Crippen LogP contribution is -2.44. The average molecular weight is 391 g/mol. The Morgan fingerprint density at radius 2 is 1.88 bits per heavy atom. The van der Waals surface area contributed by atoms with E-state index in [-0.39, 0.29) is 12.6 Å². The first-order chi connectivity index (χ1) is 11.6. The molecule has 0 spiro atoms. The highest BCUT2D eigenvalue weighted by Gasteiger charge is 2.22. The van der Waals surface area contributed by atoms with Crippen molar-refractivity contribution in [2.75, 3.05) is 18.5 Å². The number of carbonyl (C=O) groups excluding carboxylic acids is 2. The van der Waals surface area contributed by atoms with Gasteiger partial charge in [0.25, 0.3) is 0 Å². The van der Waals surface area contributed by atoms with Crippen molar-refractivity contribution in [3.63, 3.8) is 0 Å². The number of ether oxygens (including phenoxy) is 2. The Morgan fingerprint density at radius 1 is 1.08 bits per heavy atom. The van der Waals surface area contributed by atoms with E-state index in [0.717, 1.165) is 4.47 Å². The van der Waals surface area contributed by atoms with Gasteiger partial charge in [0.05, 0.1) is 6.54 Å². The summed E-state index contributed by atoms with van der Waals surface area (Å²) >= 11 is 3.30. The highest BCUT2D eigenvalue weighted by molar-refractivity contribution is 9.10. The fourth-order valence-corrected chi connectivity index (χ4v) is 2.60. The van der Waals surface area contributed by atoms with E-state index in [9.17, 15) is 9.59 Å². The van der Waals surface area contributed by atoms with E-state index < -0.39 is 11.8 Å². The molecule has 0 fully saturated rings. The molecule has 0 aliphatic carbocycles.